The molecule has 0 aliphatic heterocycles. The van der Waals surface area contributed by atoms with E-state index >= 15 is 0 Å². The molecule has 0 aromatic rings. The van der Waals surface area contributed by atoms with Crippen LogP contribution in [-0.4, -0.2) is 16.5 Å². The second-order valence-electron chi connectivity index (χ2n) is 7.73. The molecule has 0 aromatic heterocycles. The summed E-state index contributed by atoms with van der Waals surface area (Å²) in [6.07, 6.45) is 15.9. The molecule has 21 heavy (non-hydrogen) atoms. The highest BCUT2D eigenvalue weighted by molar-refractivity contribution is 5.42. The lowest BCUT2D eigenvalue weighted by atomic mass is 9.52. The molecule has 0 unspecified atom stereocenters. The molecule has 2 N–H and O–H groups in total. The largest absolute Gasteiger partial charge is 0.368 e. The van der Waals surface area contributed by atoms with Gasteiger partial charge < -0.3 is 10.2 Å². The summed E-state index contributed by atoms with van der Waals surface area (Å²) in [6, 6.07) is 0. The van der Waals surface area contributed by atoms with E-state index in [1.165, 1.54) is 18.4 Å². The Balaban J connectivity index is 1.78. The lowest BCUT2D eigenvalue weighted by Gasteiger charge is -2.53. The highest BCUT2D eigenvalue weighted by atomic mass is 16.5. The first-order chi connectivity index (χ1) is 10.1. The molecule has 114 valence electrons. The molecule has 0 saturated heterocycles. The number of fused-ring (bicyclic) bond motifs is 5. The van der Waals surface area contributed by atoms with E-state index in [1.807, 2.05) is 0 Å². The van der Waals surface area contributed by atoms with Crippen molar-refractivity contribution < 1.29 is 10.2 Å². The normalized spacial score (nSPS) is 44.8. The number of allylic oxidation sites excluding steroid dienone is 6. The third-order valence-corrected chi connectivity index (χ3v) is 6.98. The third-order valence-electron chi connectivity index (χ3n) is 6.98. The molecule has 0 radical (unpaired) electrons. The fraction of sp³-hybridized carbons (Fsp3) is 0.684. The Labute approximate surface area is 127 Å². The molecule has 4 atom stereocenters. The monoisotopic (exact) mass is 286 g/mol. The minimum Gasteiger partial charge on any atom is -0.368 e. The van der Waals surface area contributed by atoms with E-state index in [0.717, 1.165) is 32.1 Å². The van der Waals surface area contributed by atoms with Crippen molar-refractivity contribution in [2.45, 2.75) is 58.2 Å². The predicted molar refractivity (Wildman–Crippen MR) is 83.4 cm³/mol. The number of aliphatic hydroxyl groups is 2. The van der Waals surface area contributed by atoms with Gasteiger partial charge >= 0.3 is 0 Å². The van der Waals surface area contributed by atoms with Gasteiger partial charge in [-0.1, -0.05) is 48.8 Å². The summed E-state index contributed by atoms with van der Waals surface area (Å²) in [4.78, 5) is 0. The zero-order chi connectivity index (χ0) is 14.7. The Bertz CT molecular complexity index is 542. The second-order valence-corrected chi connectivity index (χ2v) is 7.73. The van der Waals surface area contributed by atoms with Crippen molar-refractivity contribution in [1.82, 2.24) is 0 Å². The molecule has 0 heterocycles. The van der Waals surface area contributed by atoms with Gasteiger partial charge in [0.05, 0.1) is 0 Å². The van der Waals surface area contributed by atoms with Crippen molar-refractivity contribution in [1.29, 1.82) is 0 Å². The van der Waals surface area contributed by atoms with Gasteiger partial charge in [0.25, 0.3) is 0 Å². The van der Waals surface area contributed by atoms with Crippen molar-refractivity contribution in [3.8, 4) is 0 Å². The molecular weight excluding hydrogens is 260 g/mol. The lowest BCUT2D eigenvalue weighted by Crippen LogP contribution is -2.47. The molecular formula is C19H26O2. The van der Waals surface area contributed by atoms with Gasteiger partial charge in [0.2, 0.25) is 0 Å². The average molecular weight is 286 g/mol. The van der Waals surface area contributed by atoms with Crippen LogP contribution < -0.4 is 0 Å². The number of aliphatic hydroxyl groups excluding tert-OH is 1. The zero-order valence-corrected chi connectivity index (χ0v) is 12.9. The van der Waals surface area contributed by atoms with Crippen LogP contribution >= 0.6 is 0 Å². The van der Waals surface area contributed by atoms with E-state index in [4.69, 9.17) is 0 Å². The summed E-state index contributed by atoms with van der Waals surface area (Å²) >= 11 is 0. The maximum atomic E-state index is 10.0. The summed E-state index contributed by atoms with van der Waals surface area (Å²) in [7, 11) is 0. The SMILES string of the molecule is C[C@]12C=CCCC1=CC=C1[C@@H]3CCC[C@@]3(C(O)O)CC[C@@H]12. The quantitative estimate of drug-likeness (QED) is 0.570. The standard InChI is InChI=1S/C19H26O2/c1-18-10-3-2-5-13(18)7-8-14-15(18)9-12-19(17(20)21)11-4-6-16(14)19/h3,7-8,10,15-17,20-21H,2,4-6,9,11-12H2,1H3/t15-,16-,18-,19+/m0/s1. The Morgan fingerprint density at radius 2 is 2.00 bits per heavy atom. The van der Waals surface area contributed by atoms with Crippen molar-refractivity contribution in [3.63, 3.8) is 0 Å². The summed E-state index contributed by atoms with van der Waals surface area (Å²) in [5.74, 6) is 0.949. The maximum Gasteiger partial charge on any atom is 0.157 e. The summed E-state index contributed by atoms with van der Waals surface area (Å²) < 4.78 is 0. The summed E-state index contributed by atoms with van der Waals surface area (Å²) in [5.41, 5.74) is 3.00. The molecule has 0 bridgehead atoms. The van der Waals surface area contributed by atoms with E-state index in [2.05, 4.69) is 31.2 Å². The van der Waals surface area contributed by atoms with E-state index < -0.39 is 6.29 Å². The smallest absolute Gasteiger partial charge is 0.157 e. The van der Waals surface area contributed by atoms with Crippen LogP contribution in [0.1, 0.15) is 51.9 Å². The fourth-order valence-corrected chi connectivity index (χ4v) is 5.78. The Morgan fingerprint density at radius 3 is 2.81 bits per heavy atom. The van der Waals surface area contributed by atoms with Gasteiger partial charge in [0.1, 0.15) is 0 Å². The number of rotatable bonds is 1. The van der Waals surface area contributed by atoms with Crippen LogP contribution in [0.25, 0.3) is 0 Å². The van der Waals surface area contributed by atoms with E-state index in [-0.39, 0.29) is 10.8 Å². The Hall–Kier alpha value is -0.860. The molecule has 2 heteroatoms. The molecule has 2 saturated carbocycles. The fourth-order valence-electron chi connectivity index (χ4n) is 5.78. The van der Waals surface area contributed by atoms with Crippen LogP contribution in [0.4, 0.5) is 0 Å². The van der Waals surface area contributed by atoms with Crippen LogP contribution in [-0.2, 0) is 0 Å². The van der Waals surface area contributed by atoms with Gasteiger partial charge in [-0.3, -0.25) is 0 Å². The maximum absolute atomic E-state index is 10.0. The predicted octanol–water partition coefficient (Wildman–Crippen LogP) is 3.72. The molecule has 0 amide bonds. The second kappa shape index (κ2) is 4.57. The third kappa shape index (κ3) is 1.72. The summed E-state index contributed by atoms with van der Waals surface area (Å²) in [5, 5.41) is 20.0. The molecule has 4 aliphatic rings. The van der Waals surface area contributed by atoms with Crippen LogP contribution in [0.15, 0.2) is 35.5 Å². The number of hydrogen-bond donors (Lipinski definition) is 2. The van der Waals surface area contributed by atoms with Gasteiger partial charge in [0, 0.05) is 10.8 Å². The van der Waals surface area contributed by atoms with E-state index in [1.54, 1.807) is 5.57 Å². The van der Waals surface area contributed by atoms with Gasteiger partial charge in [-0.25, -0.2) is 0 Å². The molecule has 2 nitrogen and oxygen atoms in total. The van der Waals surface area contributed by atoms with Crippen molar-refractivity contribution in [3.05, 3.63) is 35.5 Å². The van der Waals surface area contributed by atoms with Crippen LogP contribution in [0.2, 0.25) is 0 Å². The van der Waals surface area contributed by atoms with Crippen molar-refractivity contribution in [2.24, 2.45) is 22.7 Å². The van der Waals surface area contributed by atoms with Crippen LogP contribution in [0.5, 0.6) is 0 Å². The molecule has 0 aromatic carbocycles. The molecule has 2 fully saturated rings. The molecule has 4 rings (SSSR count). The van der Waals surface area contributed by atoms with E-state index in [0.29, 0.717) is 11.8 Å². The topological polar surface area (TPSA) is 40.5 Å². The van der Waals surface area contributed by atoms with Gasteiger partial charge in [-0.05, 0) is 50.4 Å². The van der Waals surface area contributed by atoms with Crippen molar-refractivity contribution >= 4 is 0 Å². The van der Waals surface area contributed by atoms with Crippen molar-refractivity contribution in [2.75, 3.05) is 0 Å². The average Bonchev–Trinajstić information content (AvgIpc) is 2.92. The highest BCUT2D eigenvalue weighted by Gasteiger charge is 2.56. The number of hydrogen-bond acceptors (Lipinski definition) is 2. The van der Waals surface area contributed by atoms with Crippen LogP contribution in [0.3, 0.4) is 0 Å². The lowest BCUT2D eigenvalue weighted by molar-refractivity contribution is -0.159. The Morgan fingerprint density at radius 1 is 1.14 bits per heavy atom. The Kier molecular flexibility index (Phi) is 3.00. The van der Waals surface area contributed by atoms with Gasteiger partial charge in [0.15, 0.2) is 6.29 Å². The first kappa shape index (κ1) is 13.8. The molecule has 0 spiro atoms. The summed E-state index contributed by atoms with van der Waals surface area (Å²) in [6.45, 7) is 2.39. The minimum atomic E-state index is -1.16. The van der Waals surface area contributed by atoms with Crippen LogP contribution in [0, 0.1) is 22.7 Å². The van der Waals surface area contributed by atoms with Gasteiger partial charge in [-0.2, -0.15) is 0 Å². The minimum absolute atomic E-state index is 0.178. The highest BCUT2D eigenvalue weighted by Crippen LogP contribution is 2.63. The first-order valence-electron chi connectivity index (χ1n) is 8.53. The molecule has 4 aliphatic carbocycles. The van der Waals surface area contributed by atoms with Gasteiger partial charge in [-0.15, -0.1) is 0 Å². The van der Waals surface area contributed by atoms with E-state index in [9.17, 15) is 10.2 Å². The first-order valence-corrected chi connectivity index (χ1v) is 8.53. The zero-order valence-electron chi connectivity index (χ0n) is 12.9.